The zero-order valence-corrected chi connectivity index (χ0v) is 11.1. The molecule has 0 fully saturated rings. The van der Waals surface area contributed by atoms with Gasteiger partial charge in [-0.1, -0.05) is 12.1 Å². The summed E-state index contributed by atoms with van der Waals surface area (Å²) >= 11 is 0. The van der Waals surface area contributed by atoms with Crippen molar-refractivity contribution in [3.05, 3.63) is 29.8 Å². The van der Waals surface area contributed by atoms with Crippen molar-refractivity contribution in [2.24, 2.45) is 0 Å². The van der Waals surface area contributed by atoms with Crippen LogP contribution in [0.2, 0.25) is 0 Å². The van der Waals surface area contributed by atoms with Crippen LogP contribution in [0.5, 0.6) is 5.75 Å². The van der Waals surface area contributed by atoms with Crippen molar-refractivity contribution in [3.63, 3.8) is 0 Å². The fraction of sp³-hybridized carbons (Fsp3) is 0.571. The summed E-state index contributed by atoms with van der Waals surface area (Å²) in [6.07, 6.45) is 0.996. The Morgan fingerprint density at radius 1 is 1.00 bits per heavy atom. The highest BCUT2D eigenvalue weighted by Gasteiger charge is 2.06. The average molecular weight is 236 g/mol. The van der Waals surface area contributed by atoms with Crippen molar-refractivity contribution in [1.82, 2.24) is 10.6 Å². The molecule has 0 aliphatic carbocycles. The Hall–Kier alpha value is -1.06. The Bertz CT molecular complexity index is 314. The fourth-order valence-electron chi connectivity index (χ4n) is 1.55. The van der Waals surface area contributed by atoms with E-state index >= 15 is 0 Å². The summed E-state index contributed by atoms with van der Waals surface area (Å²) in [5.74, 6) is 0.330. The molecule has 1 aromatic rings. The van der Waals surface area contributed by atoms with E-state index in [0.717, 1.165) is 26.1 Å². The maximum Gasteiger partial charge on any atom is 0.115 e. The lowest BCUT2D eigenvalue weighted by molar-refractivity contribution is 0.422. The van der Waals surface area contributed by atoms with Gasteiger partial charge in [0.2, 0.25) is 0 Å². The van der Waals surface area contributed by atoms with Gasteiger partial charge in [0.1, 0.15) is 5.75 Å². The minimum atomic E-state index is 0.193. The summed E-state index contributed by atoms with van der Waals surface area (Å²) in [6, 6.07) is 7.39. The van der Waals surface area contributed by atoms with Gasteiger partial charge in [-0.05, 0) is 51.4 Å². The third-order valence-electron chi connectivity index (χ3n) is 2.48. The second-order valence-corrected chi connectivity index (χ2v) is 5.34. The highest BCUT2D eigenvalue weighted by molar-refractivity contribution is 5.25. The molecular formula is C14H24N2O. The van der Waals surface area contributed by atoms with Crippen LogP contribution in [0, 0.1) is 0 Å². The monoisotopic (exact) mass is 236 g/mol. The van der Waals surface area contributed by atoms with E-state index in [1.54, 1.807) is 12.1 Å². The standard InChI is InChI=1S/C14H24N2O/c1-14(2,3)16-11-10-15-9-8-12-4-6-13(17)7-5-12/h4-7,15-17H,8-11H2,1-3H3. The second-order valence-electron chi connectivity index (χ2n) is 5.34. The molecule has 0 spiro atoms. The molecule has 0 saturated heterocycles. The summed E-state index contributed by atoms with van der Waals surface area (Å²) in [4.78, 5) is 0. The van der Waals surface area contributed by atoms with E-state index < -0.39 is 0 Å². The van der Waals surface area contributed by atoms with Gasteiger partial charge in [-0.25, -0.2) is 0 Å². The van der Waals surface area contributed by atoms with E-state index in [0.29, 0.717) is 5.75 Å². The average Bonchev–Trinajstić information content (AvgIpc) is 2.24. The fourth-order valence-corrected chi connectivity index (χ4v) is 1.55. The Labute approximate surface area is 104 Å². The maximum absolute atomic E-state index is 9.15. The largest absolute Gasteiger partial charge is 0.508 e. The lowest BCUT2D eigenvalue weighted by atomic mass is 10.1. The van der Waals surface area contributed by atoms with Gasteiger partial charge in [0.05, 0.1) is 0 Å². The van der Waals surface area contributed by atoms with Gasteiger partial charge in [0.15, 0.2) is 0 Å². The summed E-state index contributed by atoms with van der Waals surface area (Å²) in [5, 5.41) is 16.0. The van der Waals surface area contributed by atoms with Gasteiger partial charge < -0.3 is 15.7 Å². The molecule has 3 heteroatoms. The molecule has 1 aromatic carbocycles. The zero-order valence-electron chi connectivity index (χ0n) is 11.1. The van der Waals surface area contributed by atoms with Gasteiger partial charge in [-0.2, -0.15) is 0 Å². The molecule has 0 saturated carbocycles. The van der Waals surface area contributed by atoms with Gasteiger partial charge in [0, 0.05) is 18.6 Å². The molecule has 0 aliphatic rings. The second kappa shape index (κ2) is 6.62. The lowest BCUT2D eigenvalue weighted by Crippen LogP contribution is -2.40. The minimum absolute atomic E-state index is 0.193. The first-order valence-corrected chi connectivity index (χ1v) is 6.21. The first kappa shape index (κ1) is 14.0. The van der Waals surface area contributed by atoms with Crippen LogP contribution in [0.3, 0.4) is 0 Å². The third-order valence-corrected chi connectivity index (χ3v) is 2.48. The number of aromatic hydroxyl groups is 1. The van der Waals surface area contributed by atoms with Gasteiger partial charge in [-0.15, -0.1) is 0 Å². The minimum Gasteiger partial charge on any atom is -0.508 e. The number of nitrogens with one attached hydrogen (secondary N) is 2. The molecule has 0 radical (unpaired) electrons. The molecule has 96 valence electrons. The highest BCUT2D eigenvalue weighted by atomic mass is 16.3. The normalized spacial score (nSPS) is 11.7. The molecule has 0 atom stereocenters. The molecule has 0 aliphatic heterocycles. The molecular weight excluding hydrogens is 212 g/mol. The van der Waals surface area contributed by atoms with Crippen LogP contribution in [0.4, 0.5) is 0 Å². The molecule has 3 nitrogen and oxygen atoms in total. The van der Waals surface area contributed by atoms with Gasteiger partial charge >= 0.3 is 0 Å². The Morgan fingerprint density at radius 3 is 2.24 bits per heavy atom. The molecule has 0 amide bonds. The summed E-state index contributed by atoms with van der Waals surface area (Å²) in [7, 11) is 0. The summed E-state index contributed by atoms with van der Waals surface area (Å²) in [6.45, 7) is 9.45. The number of hydrogen-bond acceptors (Lipinski definition) is 3. The van der Waals surface area contributed by atoms with Crippen molar-refractivity contribution < 1.29 is 5.11 Å². The van der Waals surface area contributed by atoms with Crippen molar-refractivity contribution in [1.29, 1.82) is 0 Å². The predicted molar refractivity (Wildman–Crippen MR) is 72.4 cm³/mol. The third kappa shape index (κ3) is 6.97. The van der Waals surface area contributed by atoms with Crippen LogP contribution < -0.4 is 10.6 Å². The zero-order chi connectivity index (χ0) is 12.7. The number of rotatable bonds is 6. The maximum atomic E-state index is 9.15. The Kier molecular flexibility index (Phi) is 5.45. The first-order valence-electron chi connectivity index (χ1n) is 6.21. The van der Waals surface area contributed by atoms with E-state index in [1.807, 2.05) is 12.1 Å². The topological polar surface area (TPSA) is 44.3 Å². The predicted octanol–water partition coefficient (Wildman–Crippen LogP) is 1.91. The van der Waals surface area contributed by atoms with Gasteiger partial charge in [-0.3, -0.25) is 0 Å². The molecule has 0 bridgehead atoms. The number of phenols is 1. The van der Waals surface area contributed by atoms with E-state index in [2.05, 4.69) is 31.4 Å². The lowest BCUT2D eigenvalue weighted by Gasteiger charge is -2.20. The number of phenolic OH excluding ortho intramolecular Hbond substituents is 1. The van der Waals surface area contributed by atoms with Crippen LogP contribution in [0.15, 0.2) is 24.3 Å². The molecule has 0 aromatic heterocycles. The van der Waals surface area contributed by atoms with Crippen LogP contribution in [0.25, 0.3) is 0 Å². The molecule has 3 N–H and O–H groups in total. The van der Waals surface area contributed by atoms with Crippen molar-refractivity contribution >= 4 is 0 Å². The Balaban J connectivity index is 2.07. The first-order chi connectivity index (χ1) is 7.97. The van der Waals surface area contributed by atoms with Crippen LogP contribution in [-0.2, 0) is 6.42 Å². The Morgan fingerprint density at radius 2 is 1.65 bits per heavy atom. The van der Waals surface area contributed by atoms with E-state index in [4.69, 9.17) is 5.11 Å². The van der Waals surface area contributed by atoms with Crippen LogP contribution in [-0.4, -0.2) is 30.3 Å². The van der Waals surface area contributed by atoms with E-state index in [9.17, 15) is 0 Å². The van der Waals surface area contributed by atoms with E-state index in [1.165, 1.54) is 5.56 Å². The molecule has 17 heavy (non-hydrogen) atoms. The molecule has 1 rings (SSSR count). The van der Waals surface area contributed by atoms with Crippen LogP contribution in [0.1, 0.15) is 26.3 Å². The SMILES string of the molecule is CC(C)(C)NCCNCCc1ccc(O)cc1. The van der Waals surface area contributed by atoms with Crippen molar-refractivity contribution in [2.75, 3.05) is 19.6 Å². The van der Waals surface area contributed by atoms with E-state index in [-0.39, 0.29) is 5.54 Å². The smallest absolute Gasteiger partial charge is 0.115 e. The van der Waals surface area contributed by atoms with Crippen LogP contribution >= 0.6 is 0 Å². The highest BCUT2D eigenvalue weighted by Crippen LogP contribution is 2.09. The van der Waals surface area contributed by atoms with Gasteiger partial charge in [0.25, 0.3) is 0 Å². The quantitative estimate of drug-likeness (QED) is 0.661. The molecule has 0 heterocycles. The molecule has 0 unspecified atom stereocenters. The van der Waals surface area contributed by atoms with Crippen molar-refractivity contribution in [2.45, 2.75) is 32.7 Å². The summed E-state index contributed by atoms with van der Waals surface area (Å²) in [5.41, 5.74) is 1.44. The van der Waals surface area contributed by atoms with Crippen molar-refractivity contribution in [3.8, 4) is 5.75 Å². The number of benzene rings is 1. The summed E-state index contributed by atoms with van der Waals surface area (Å²) < 4.78 is 0. The number of hydrogen-bond donors (Lipinski definition) is 3.